The minimum atomic E-state index is -0.244. The zero-order chi connectivity index (χ0) is 24.3. The number of aromatic nitrogens is 3. The standard InChI is InChI=1S/C24H29N5O4S/c1-4-5-11-33-20-10-9-17(12-21(20)32-3)14-25-23(31)18-7-6-8-19(13-18)27-22(30)15-34-24-28-26-16-29(24)2/h6-10,12-13,16H,4-5,11,14-15H2,1-3H3,(H,25,31)(H,27,30). The maximum atomic E-state index is 12.7. The number of hydrogen-bond donors (Lipinski definition) is 2. The third-order valence-electron chi connectivity index (χ3n) is 4.85. The first-order valence-electron chi connectivity index (χ1n) is 10.9. The Labute approximate surface area is 203 Å². The second-order valence-corrected chi connectivity index (χ2v) is 8.45. The number of hydrogen-bond acceptors (Lipinski definition) is 7. The van der Waals surface area contributed by atoms with Crippen LogP contribution in [0.1, 0.15) is 35.7 Å². The number of carbonyl (C=O) groups is 2. The summed E-state index contributed by atoms with van der Waals surface area (Å²) in [7, 11) is 3.41. The largest absolute Gasteiger partial charge is 0.493 e. The van der Waals surface area contributed by atoms with Crippen molar-refractivity contribution in [2.75, 3.05) is 24.8 Å². The molecular formula is C24H29N5O4S. The number of unbranched alkanes of at least 4 members (excludes halogenated alkanes) is 1. The van der Waals surface area contributed by atoms with Crippen LogP contribution >= 0.6 is 11.8 Å². The van der Waals surface area contributed by atoms with Crippen LogP contribution in [0.15, 0.2) is 53.9 Å². The summed E-state index contributed by atoms with van der Waals surface area (Å²) in [5.74, 6) is 1.06. The number of nitrogens with one attached hydrogen (secondary N) is 2. The molecule has 180 valence electrons. The third kappa shape index (κ3) is 7.24. The van der Waals surface area contributed by atoms with Gasteiger partial charge in [0.25, 0.3) is 5.91 Å². The first kappa shape index (κ1) is 25.1. The van der Waals surface area contributed by atoms with Gasteiger partial charge in [-0.25, -0.2) is 0 Å². The lowest BCUT2D eigenvalue weighted by molar-refractivity contribution is -0.113. The summed E-state index contributed by atoms with van der Waals surface area (Å²) in [5, 5.41) is 14.1. The molecule has 2 amide bonds. The highest BCUT2D eigenvalue weighted by Gasteiger charge is 2.11. The Bertz CT molecular complexity index is 1120. The Morgan fingerprint density at radius 1 is 1.15 bits per heavy atom. The normalized spacial score (nSPS) is 10.6. The molecule has 0 aliphatic carbocycles. The lowest BCUT2D eigenvalue weighted by atomic mass is 10.1. The fourth-order valence-electron chi connectivity index (χ4n) is 3.02. The van der Waals surface area contributed by atoms with Gasteiger partial charge in [0, 0.05) is 24.8 Å². The molecule has 3 rings (SSSR count). The van der Waals surface area contributed by atoms with Gasteiger partial charge in [-0.2, -0.15) is 0 Å². The van der Waals surface area contributed by atoms with Crippen LogP contribution in [0.3, 0.4) is 0 Å². The van der Waals surface area contributed by atoms with Gasteiger partial charge in [0.1, 0.15) is 6.33 Å². The number of amides is 2. The Balaban J connectivity index is 1.53. The van der Waals surface area contributed by atoms with Crippen molar-refractivity contribution in [3.63, 3.8) is 0 Å². The smallest absolute Gasteiger partial charge is 0.251 e. The highest BCUT2D eigenvalue weighted by atomic mass is 32.2. The van der Waals surface area contributed by atoms with E-state index in [4.69, 9.17) is 9.47 Å². The first-order chi connectivity index (χ1) is 16.5. The second kappa shape index (κ2) is 12.6. The third-order valence-corrected chi connectivity index (χ3v) is 5.88. The van der Waals surface area contributed by atoms with Crippen LogP contribution in [0.4, 0.5) is 5.69 Å². The zero-order valence-electron chi connectivity index (χ0n) is 19.5. The van der Waals surface area contributed by atoms with E-state index in [9.17, 15) is 9.59 Å². The Morgan fingerprint density at radius 3 is 2.74 bits per heavy atom. The quantitative estimate of drug-likeness (QED) is 0.299. The molecule has 0 aliphatic heterocycles. The SMILES string of the molecule is CCCCOc1ccc(CNC(=O)c2cccc(NC(=O)CSc3nncn3C)c2)cc1OC. The van der Waals surface area contributed by atoms with Gasteiger partial charge in [0.2, 0.25) is 5.91 Å². The van der Waals surface area contributed by atoms with Crippen LogP contribution in [0.2, 0.25) is 0 Å². The van der Waals surface area contributed by atoms with Crippen molar-refractivity contribution in [2.24, 2.45) is 7.05 Å². The van der Waals surface area contributed by atoms with Gasteiger partial charge in [-0.3, -0.25) is 9.59 Å². The number of aryl methyl sites for hydroxylation is 1. The summed E-state index contributed by atoms with van der Waals surface area (Å²) in [5.41, 5.74) is 1.88. The molecule has 2 N–H and O–H groups in total. The molecule has 34 heavy (non-hydrogen) atoms. The van der Waals surface area contributed by atoms with Crippen molar-refractivity contribution in [3.05, 3.63) is 59.9 Å². The molecular weight excluding hydrogens is 454 g/mol. The van der Waals surface area contributed by atoms with Crippen LogP contribution in [0.25, 0.3) is 0 Å². The summed E-state index contributed by atoms with van der Waals surface area (Å²) in [6.45, 7) is 3.07. The van der Waals surface area contributed by atoms with Crippen LogP contribution < -0.4 is 20.1 Å². The molecule has 0 bridgehead atoms. The predicted octanol–water partition coefficient (Wildman–Crippen LogP) is 3.66. The van der Waals surface area contributed by atoms with E-state index in [0.717, 1.165) is 18.4 Å². The van der Waals surface area contributed by atoms with E-state index in [2.05, 4.69) is 27.8 Å². The Hall–Kier alpha value is -3.53. The summed E-state index contributed by atoms with van der Waals surface area (Å²) in [6, 6.07) is 12.4. The van der Waals surface area contributed by atoms with Gasteiger partial charge in [-0.05, 0) is 42.3 Å². The van der Waals surface area contributed by atoms with Gasteiger partial charge in [-0.15, -0.1) is 10.2 Å². The Kier molecular flexibility index (Phi) is 9.33. The molecule has 0 spiro atoms. The van der Waals surface area contributed by atoms with Gasteiger partial charge in [0.05, 0.1) is 19.5 Å². The topological polar surface area (TPSA) is 107 Å². The maximum absolute atomic E-state index is 12.7. The van der Waals surface area contributed by atoms with Crippen molar-refractivity contribution in [1.29, 1.82) is 0 Å². The lowest BCUT2D eigenvalue weighted by Gasteiger charge is -2.13. The number of nitrogens with zero attached hydrogens (tertiary/aromatic N) is 3. The van der Waals surface area contributed by atoms with Crippen LogP contribution in [0.5, 0.6) is 11.5 Å². The average molecular weight is 484 g/mol. The van der Waals surface area contributed by atoms with E-state index >= 15 is 0 Å². The molecule has 0 unspecified atom stereocenters. The predicted molar refractivity (Wildman–Crippen MR) is 131 cm³/mol. The number of rotatable bonds is 12. The lowest BCUT2D eigenvalue weighted by Crippen LogP contribution is -2.23. The monoisotopic (exact) mass is 483 g/mol. The number of thioether (sulfide) groups is 1. The second-order valence-electron chi connectivity index (χ2n) is 7.51. The molecule has 3 aromatic rings. The minimum Gasteiger partial charge on any atom is -0.493 e. The molecule has 0 aliphatic rings. The number of carbonyl (C=O) groups excluding carboxylic acids is 2. The minimum absolute atomic E-state index is 0.183. The van der Waals surface area contributed by atoms with Crippen molar-refractivity contribution in [1.82, 2.24) is 20.1 Å². The van der Waals surface area contributed by atoms with Crippen LogP contribution in [-0.2, 0) is 18.4 Å². The molecule has 1 heterocycles. The molecule has 9 nitrogen and oxygen atoms in total. The van der Waals surface area contributed by atoms with E-state index in [1.165, 1.54) is 11.8 Å². The van der Waals surface area contributed by atoms with Crippen molar-refractivity contribution < 1.29 is 19.1 Å². The van der Waals surface area contributed by atoms with Gasteiger partial charge in [0.15, 0.2) is 16.7 Å². The van der Waals surface area contributed by atoms with Crippen molar-refractivity contribution >= 4 is 29.3 Å². The van der Waals surface area contributed by atoms with E-state index in [1.54, 1.807) is 42.3 Å². The first-order valence-corrected chi connectivity index (χ1v) is 11.9. The number of methoxy groups -OCH3 is 1. The van der Waals surface area contributed by atoms with Gasteiger partial charge >= 0.3 is 0 Å². The van der Waals surface area contributed by atoms with Crippen molar-refractivity contribution in [3.8, 4) is 11.5 Å². The van der Waals surface area contributed by atoms with Crippen LogP contribution in [0, 0.1) is 0 Å². The molecule has 2 aromatic carbocycles. The summed E-state index contributed by atoms with van der Waals surface area (Å²) in [6.07, 6.45) is 3.61. The summed E-state index contributed by atoms with van der Waals surface area (Å²) in [4.78, 5) is 24.9. The van der Waals surface area contributed by atoms with Crippen LogP contribution in [-0.4, -0.2) is 46.0 Å². The van der Waals surface area contributed by atoms with E-state index in [0.29, 0.717) is 41.1 Å². The molecule has 0 saturated heterocycles. The number of benzene rings is 2. The summed E-state index contributed by atoms with van der Waals surface area (Å²) >= 11 is 1.29. The van der Waals surface area contributed by atoms with Crippen molar-refractivity contribution in [2.45, 2.75) is 31.5 Å². The Morgan fingerprint density at radius 2 is 2.00 bits per heavy atom. The van der Waals surface area contributed by atoms with E-state index < -0.39 is 0 Å². The fraction of sp³-hybridized carbons (Fsp3) is 0.333. The molecule has 0 radical (unpaired) electrons. The highest BCUT2D eigenvalue weighted by molar-refractivity contribution is 7.99. The molecule has 0 fully saturated rings. The number of ether oxygens (including phenoxy) is 2. The van der Waals surface area contributed by atoms with Gasteiger partial charge < -0.3 is 24.7 Å². The highest BCUT2D eigenvalue weighted by Crippen LogP contribution is 2.28. The van der Waals surface area contributed by atoms with E-state index in [-0.39, 0.29) is 17.6 Å². The number of anilines is 1. The fourth-order valence-corrected chi connectivity index (χ4v) is 3.71. The maximum Gasteiger partial charge on any atom is 0.251 e. The molecule has 0 atom stereocenters. The van der Waals surface area contributed by atoms with E-state index in [1.807, 2.05) is 25.2 Å². The molecule has 10 heteroatoms. The average Bonchev–Trinajstić information content (AvgIpc) is 3.26. The zero-order valence-corrected chi connectivity index (χ0v) is 20.4. The summed E-state index contributed by atoms with van der Waals surface area (Å²) < 4.78 is 12.9. The molecule has 0 saturated carbocycles. The van der Waals surface area contributed by atoms with Gasteiger partial charge in [-0.1, -0.05) is 37.2 Å². The molecule has 1 aromatic heterocycles.